The van der Waals surface area contributed by atoms with Gasteiger partial charge in [-0.05, 0) is 31.2 Å². The number of nitrogens with zero attached hydrogens (tertiary/aromatic N) is 1. The third-order valence-corrected chi connectivity index (χ3v) is 3.03. The quantitative estimate of drug-likeness (QED) is 0.388. The van der Waals surface area contributed by atoms with Crippen molar-refractivity contribution in [3.8, 4) is 0 Å². The van der Waals surface area contributed by atoms with Gasteiger partial charge in [0.05, 0.1) is 6.04 Å². The van der Waals surface area contributed by atoms with Gasteiger partial charge in [0.15, 0.2) is 0 Å². The summed E-state index contributed by atoms with van der Waals surface area (Å²) in [5.41, 5.74) is 2.27. The Hall–Kier alpha value is -0.610. The first kappa shape index (κ1) is 12.5. The number of hydrazine groups is 1. The summed E-state index contributed by atoms with van der Waals surface area (Å²) in [5, 5.41) is 0. The van der Waals surface area contributed by atoms with Gasteiger partial charge in [0.2, 0.25) is 0 Å². The van der Waals surface area contributed by atoms with E-state index in [0.717, 1.165) is 19.0 Å². The molecular weight excluding hydrogens is 190 g/mol. The summed E-state index contributed by atoms with van der Waals surface area (Å²) in [6, 6.07) is -0.0828. The summed E-state index contributed by atoms with van der Waals surface area (Å²) < 4.78 is 0. The van der Waals surface area contributed by atoms with Gasteiger partial charge in [0.25, 0.3) is 5.91 Å². The van der Waals surface area contributed by atoms with E-state index in [-0.39, 0.29) is 11.9 Å². The molecule has 0 radical (unpaired) electrons. The molecule has 1 rings (SSSR count). The minimum atomic E-state index is -0.0828. The number of carbonyl (C=O) groups is 1. The van der Waals surface area contributed by atoms with E-state index in [1.165, 1.54) is 12.8 Å². The van der Waals surface area contributed by atoms with Crippen LogP contribution in [0.25, 0.3) is 0 Å². The maximum atomic E-state index is 11.7. The molecule has 1 atom stereocenters. The van der Waals surface area contributed by atoms with E-state index in [1.54, 1.807) is 0 Å². The molecule has 4 heteroatoms. The third-order valence-electron chi connectivity index (χ3n) is 3.03. The van der Waals surface area contributed by atoms with Gasteiger partial charge >= 0.3 is 0 Å². The van der Waals surface area contributed by atoms with Crippen molar-refractivity contribution in [2.24, 2.45) is 17.7 Å². The first-order valence-corrected chi connectivity index (χ1v) is 5.84. The average Bonchev–Trinajstić information content (AvgIpc) is 2.99. The molecule has 88 valence electrons. The van der Waals surface area contributed by atoms with Crippen LogP contribution in [0.2, 0.25) is 0 Å². The highest BCUT2D eigenvalue weighted by Gasteiger charge is 2.32. The van der Waals surface area contributed by atoms with Crippen LogP contribution >= 0.6 is 0 Å². The van der Waals surface area contributed by atoms with Crippen LogP contribution in [0.4, 0.5) is 0 Å². The van der Waals surface area contributed by atoms with E-state index < -0.39 is 0 Å². The lowest BCUT2D eigenvalue weighted by Crippen LogP contribution is -2.52. The number of nitrogens with two attached hydrogens (primary N) is 1. The van der Waals surface area contributed by atoms with Crippen molar-refractivity contribution < 1.29 is 4.79 Å². The molecule has 0 spiro atoms. The number of nitrogens with one attached hydrogen (secondary N) is 1. The van der Waals surface area contributed by atoms with Gasteiger partial charge in [-0.3, -0.25) is 15.1 Å². The molecule has 1 amide bonds. The summed E-state index contributed by atoms with van der Waals surface area (Å²) in [6.07, 6.45) is 2.62. The number of rotatable bonds is 6. The number of hydrogen-bond acceptors (Lipinski definition) is 3. The Balaban J connectivity index is 2.60. The molecule has 0 bridgehead atoms. The van der Waals surface area contributed by atoms with Crippen LogP contribution in [-0.2, 0) is 4.79 Å². The Kier molecular flexibility index (Phi) is 4.54. The Morgan fingerprint density at radius 1 is 1.53 bits per heavy atom. The molecule has 0 saturated heterocycles. The maximum absolute atomic E-state index is 11.7. The van der Waals surface area contributed by atoms with E-state index in [9.17, 15) is 4.79 Å². The Morgan fingerprint density at radius 3 is 2.47 bits per heavy atom. The van der Waals surface area contributed by atoms with Crippen molar-refractivity contribution in [1.82, 2.24) is 10.3 Å². The van der Waals surface area contributed by atoms with E-state index >= 15 is 0 Å². The molecule has 0 aromatic carbocycles. The summed E-state index contributed by atoms with van der Waals surface area (Å²) >= 11 is 0. The summed E-state index contributed by atoms with van der Waals surface area (Å²) in [5.74, 6) is 6.26. The van der Waals surface area contributed by atoms with Crippen molar-refractivity contribution in [1.29, 1.82) is 0 Å². The summed E-state index contributed by atoms with van der Waals surface area (Å²) in [4.78, 5) is 13.9. The molecular formula is C11H23N3O. The molecule has 15 heavy (non-hydrogen) atoms. The van der Waals surface area contributed by atoms with Gasteiger partial charge in [-0.15, -0.1) is 0 Å². The zero-order valence-electron chi connectivity index (χ0n) is 9.99. The molecule has 0 aliphatic heterocycles. The molecule has 1 unspecified atom stereocenters. The lowest BCUT2D eigenvalue weighted by Gasteiger charge is -2.31. The van der Waals surface area contributed by atoms with Crippen LogP contribution in [0.5, 0.6) is 0 Å². The second-order valence-electron chi connectivity index (χ2n) is 4.73. The lowest BCUT2D eigenvalue weighted by atomic mass is 10.0. The predicted molar refractivity (Wildman–Crippen MR) is 60.9 cm³/mol. The van der Waals surface area contributed by atoms with Crippen molar-refractivity contribution in [2.75, 3.05) is 13.1 Å². The fourth-order valence-electron chi connectivity index (χ4n) is 2.05. The van der Waals surface area contributed by atoms with Crippen LogP contribution in [-0.4, -0.2) is 29.9 Å². The minimum absolute atomic E-state index is 0.0625. The van der Waals surface area contributed by atoms with Gasteiger partial charge in [-0.25, -0.2) is 5.84 Å². The van der Waals surface area contributed by atoms with E-state index in [1.807, 2.05) is 0 Å². The van der Waals surface area contributed by atoms with E-state index in [0.29, 0.717) is 5.92 Å². The van der Waals surface area contributed by atoms with Crippen molar-refractivity contribution >= 4 is 5.91 Å². The highest BCUT2D eigenvalue weighted by Crippen LogP contribution is 2.30. The van der Waals surface area contributed by atoms with Crippen LogP contribution in [0, 0.1) is 11.8 Å². The standard InChI is InChI=1S/C11H23N3O/c1-4-14(7-9-5-6-9)10(8(2)3)11(15)13-12/h8-10H,4-7,12H2,1-3H3,(H,13,15). The third kappa shape index (κ3) is 3.47. The second kappa shape index (κ2) is 5.47. The van der Waals surface area contributed by atoms with Gasteiger partial charge < -0.3 is 0 Å². The largest absolute Gasteiger partial charge is 0.293 e. The number of likely N-dealkylation sites (N-methyl/N-ethyl adjacent to an activating group) is 1. The minimum Gasteiger partial charge on any atom is -0.293 e. The van der Waals surface area contributed by atoms with Gasteiger partial charge in [-0.1, -0.05) is 20.8 Å². The first-order valence-electron chi connectivity index (χ1n) is 5.84. The van der Waals surface area contributed by atoms with Crippen LogP contribution in [0.15, 0.2) is 0 Å². The second-order valence-corrected chi connectivity index (χ2v) is 4.73. The fraction of sp³-hybridized carbons (Fsp3) is 0.909. The Morgan fingerprint density at radius 2 is 2.13 bits per heavy atom. The number of hydrogen-bond donors (Lipinski definition) is 2. The lowest BCUT2D eigenvalue weighted by molar-refractivity contribution is -0.128. The SMILES string of the molecule is CCN(CC1CC1)C(C(=O)NN)C(C)C. The van der Waals surface area contributed by atoms with Gasteiger partial charge in [-0.2, -0.15) is 0 Å². The topological polar surface area (TPSA) is 58.4 Å². The highest BCUT2D eigenvalue weighted by molar-refractivity contribution is 5.81. The van der Waals surface area contributed by atoms with Crippen LogP contribution in [0.1, 0.15) is 33.6 Å². The average molecular weight is 213 g/mol. The smallest absolute Gasteiger partial charge is 0.251 e. The number of amides is 1. The van der Waals surface area contributed by atoms with E-state index in [4.69, 9.17) is 5.84 Å². The van der Waals surface area contributed by atoms with Gasteiger partial charge in [0.1, 0.15) is 0 Å². The Bertz CT molecular complexity index is 214. The molecule has 1 aliphatic carbocycles. The summed E-state index contributed by atoms with van der Waals surface area (Å²) in [7, 11) is 0. The molecule has 1 saturated carbocycles. The predicted octanol–water partition coefficient (Wildman–Crippen LogP) is 0.733. The van der Waals surface area contributed by atoms with Crippen molar-refractivity contribution in [3.63, 3.8) is 0 Å². The highest BCUT2D eigenvalue weighted by atomic mass is 16.2. The molecule has 0 heterocycles. The maximum Gasteiger partial charge on any atom is 0.251 e. The normalized spacial score (nSPS) is 18.3. The fourth-order valence-corrected chi connectivity index (χ4v) is 2.05. The van der Waals surface area contributed by atoms with Crippen molar-refractivity contribution in [3.05, 3.63) is 0 Å². The van der Waals surface area contributed by atoms with Gasteiger partial charge in [0, 0.05) is 6.54 Å². The van der Waals surface area contributed by atoms with Crippen LogP contribution in [0.3, 0.4) is 0 Å². The molecule has 0 aromatic heterocycles. The monoisotopic (exact) mass is 213 g/mol. The molecule has 0 aromatic rings. The first-order chi connectivity index (χ1) is 7.10. The van der Waals surface area contributed by atoms with Crippen molar-refractivity contribution in [2.45, 2.75) is 39.7 Å². The zero-order chi connectivity index (χ0) is 11.4. The Labute approximate surface area is 92.2 Å². The molecule has 1 aliphatic rings. The van der Waals surface area contributed by atoms with Crippen LogP contribution < -0.4 is 11.3 Å². The summed E-state index contributed by atoms with van der Waals surface area (Å²) in [6.45, 7) is 8.17. The molecule has 4 nitrogen and oxygen atoms in total. The zero-order valence-corrected chi connectivity index (χ0v) is 9.99. The molecule has 3 N–H and O–H groups in total. The van der Waals surface area contributed by atoms with E-state index in [2.05, 4.69) is 31.1 Å². The molecule has 1 fully saturated rings. The number of carbonyl (C=O) groups excluding carboxylic acids is 1.